The molecule has 0 N–H and O–H groups in total. The predicted molar refractivity (Wildman–Crippen MR) is 126 cm³/mol. The van der Waals surface area contributed by atoms with E-state index in [2.05, 4.69) is 12.6 Å². The summed E-state index contributed by atoms with van der Waals surface area (Å²) in [6, 6.07) is 8.19. The highest BCUT2D eigenvalue weighted by atomic mass is 32.1. The van der Waals surface area contributed by atoms with Crippen LogP contribution in [0.3, 0.4) is 0 Å². The maximum atomic E-state index is 13.5. The van der Waals surface area contributed by atoms with E-state index >= 15 is 0 Å². The van der Waals surface area contributed by atoms with E-state index in [0.29, 0.717) is 25.4 Å². The van der Waals surface area contributed by atoms with Crippen LogP contribution in [0.2, 0.25) is 0 Å². The molecule has 4 nitrogen and oxygen atoms in total. The Kier molecular flexibility index (Phi) is 7.40. The second-order valence-electron chi connectivity index (χ2n) is 8.84. The molecular formula is C26H31FN2O2S. The molecule has 170 valence electrons. The maximum absolute atomic E-state index is 13.5. The topological polar surface area (TPSA) is 40.6 Å². The van der Waals surface area contributed by atoms with Gasteiger partial charge < -0.3 is 9.80 Å². The first kappa shape index (κ1) is 22.7. The van der Waals surface area contributed by atoms with Crippen molar-refractivity contribution in [3.63, 3.8) is 0 Å². The van der Waals surface area contributed by atoms with Crippen LogP contribution in [0.4, 0.5) is 4.39 Å². The molecule has 1 aliphatic heterocycles. The van der Waals surface area contributed by atoms with Crippen molar-refractivity contribution in [2.45, 2.75) is 51.0 Å². The highest BCUT2D eigenvalue weighted by Crippen LogP contribution is 2.38. The number of amides is 2. The minimum absolute atomic E-state index is 0.0247. The maximum Gasteiger partial charge on any atom is 0.243 e. The highest BCUT2D eigenvalue weighted by molar-refractivity contribution is 7.10. The lowest BCUT2D eigenvalue weighted by atomic mass is 9.93. The molecule has 1 aromatic heterocycles. The molecule has 1 saturated carbocycles. The molecule has 0 saturated heterocycles. The normalized spacial score (nSPS) is 18.4. The Hall–Kier alpha value is -2.47. The van der Waals surface area contributed by atoms with E-state index in [1.54, 1.807) is 34.4 Å². The van der Waals surface area contributed by atoms with Gasteiger partial charge in [0.05, 0.1) is 6.04 Å². The van der Waals surface area contributed by atoms with Crippen molar-refractivity contribution >= 4 is 23.2 Å². The van der Waals surface area contributed by atoms with Gasteiger partial charge in [-0.05, 0) is 53.5 Å². The number of rotatable bonds is 8. The second-order valence-corrected chi connectivity index (χ2v) is 9.84. The number of nitrogens with zero attached hydrogens (tertiary/aromatic N) is 2. The van der Waals surface area contributed by atoms with Crippen molar-refractivity contribution in [2.24, 2.45) is 5.92 Å². The average molecular weight is 455 g/mol. The molecule has 2 aliphatic rings. The van der Waals surface area contributed by atoms with E-state index in [4.69, 9.17) is 0 Å². The first-order valence-electron chi connectivity index (χ1n) is 11.6. The van der Waals surface area contributed by atoms with Crippen LogP contribution < -0.4 is 0 Å². The van der Waals surface area contributed by atoms with Gasteiger partial charge in [0.2, 0.25) is 11.8 Å². The second kappa shape index (κ2) is 10.4. The van der Waals surface area contributed by atoms with Crippen molar-refractivity contribution < 1.29 is 14.0 Å². The molecule has 0 radical (unpaired) electrons. The van der Waals surface area contributed by atoms with Gasteiger partial charge in [0.25, 0.3) is 0 Å². The molecule has 2 heterocycles. The van der Waals surface area contributed by atoms with E-state index in [1.807, 2.05) is 10.3 Å². The van der Waals surface area contributed by atoms with Crippen LogP contribution in [0, 0.1) is 11.7 Å². The molecule has 2 amide bonds. The van der Waals surface area contributed by atoms with E-state index in [9.17, 15) is 14.0 Å². The molecule has 1 fully saturated rings. The first-order chi connectivity index (χ1) is 15.6. The van der Waals surface area contributed by atoms with Gasteiger partial charge in [-0.1, -0.05) is 43.9 Å². The molecule has 0 bridgehead atoms. The van der Waals surface area contributed by atoms with E-state index in [0.717, 1.165) is 24.0 Å². The summed E-state index contributed by atoms with van der Waals surface area (Å²) in [7, 11) is 0. The van der Waals surface area contributed by atoms with Crippen LogP contribution in [0.1, 0.15) is 60.6 Å². The van der Waals surface area contributed by atoms with Crippen LogP contribution in [0.25, 0.3) is 0 Å². The minimum Gasteiger partial charge on any atom is -0.330 e. The SMILES string of the molecule is C=CCN(CC(=O)N1CCc2sccc2C1c1ccc(F)cc1)C(=O)CCC1CCCC1. The number of fused-ring (bicyclic) bond motifs is 1. The zero-order valence-electron chi connectivity index (χ0n) is 18.5. The fraction of sp³-hybridized carbons (Fsp3) is 0.462. The third-order valence-corrected chi connectivity index (χ3v) is 7.74. The van der Waals surface area contributed by atoms with E-state index < -0.39 is 0 Å². The number of halogens is 1. The quantitative estimate of drug-likeness (QED) is 0.505. The fourth-order valence-corrected chi connectivity index (χ4v) is 5.94. The van der Waals surface area contributed by atoms with Gasteiger partial charge in [-0.25, -0.2) is 4.39 Å². The zero-order valence-corrected chi connectivity index (χ0v) is 19.3. The fourth-order valence-electron chi connectivity index (χ4n) is 5.04. The Morgan fingerprint density at radius 2 is 1.94 bits per heavy atom. The lowest BCUT2D eigenvalue weighted by molar-refractivity contribution is -0.141. The van der Waals surface area contributed by atoms with E-state index in [-0.39, 0.29) is 30.2 Å². The summed E-state index contributed by atoms with van der Waals surface area (Å²) >= 11 is 1.70. The third kappa shape index (κ3) is 5.12. The molecule has 32 heavy (non-hydrogen) atoms. The summed E-state index contributed by atoms with van der Waals surface area (Å²) in [6.45, 7) is 4.79. The van der Waals surface area contributed by atoms with Crippen molar-refractivity contribution in [1.82, 2.24) is 9.80 Å². The summed E-state index contributed by atoms with van der Waals surface area (Å²) in [6.07, 6.45) is 8.82. The van der Waals surface area contributed by atoms with Crippen LogP contribution in [-0.2, 0) is 16.0 Å². The van der Waals surface area contributed by atoms with Gasteiger partial charge in [0.15, 0.2) is 0 Å². The Morgan fingerprint density at radius 1 is 1.19 bits per heavy atom. The smallest absolute Gasteiger partial charge is 0.243 e. The Morgan fingerprint density at radius 3 is 2.66 bits per heavy atom. The van der Waals surface area contributed by atoms with E-state index in [1.165, 1.54) is 42.7 Å². The number of thiophene rings is 1. The molecule has 1 atom stereocenters. The lowest BCUT2D eigenvalue weighted by Crippen LogP contribution is -2.46. The van der Waals surface area contributed by atoms with Gasteiger partial charge in [0.1, 0.15) is 12.4 Å². The molecule has 1 aromatic carbocycles. The molecule has 0 spiro atoms. The third-order valence-electron chi connectivity index (χ3n) is 6.74. The van der Waals surface area contributed by atoms with Crippen molar-refractivity contribution in [3.8, 4) is 0 Å². The Balaban J connectivity index is 1.49. The zero-order chi connectivity index (χ0) is 22.5. The number of carbonyl (C=O) groups is 2. The Bertz CT molecular complexity index is 949. The van der Waals surface area contributed by atoms with Gasteiger partial charge in [-0.2, -0.15) is 0 Å². The standard InChI is InChI=1S/C26H31FN2O2S/c1-2-15-28(24(30)12-7-19-5-3-4-6-19)18-25(31)29-16-13-23-22(14-17-32-23)26(29)20-8-10-21(27)11-9-20/h2,8-11,14,17,19,26H,1,3-7,12-13,15-16,18H2. The molecule has 4 rings (SSSR count). The highest BCUT2D eigenvalue weighted by Gasteiger charge is 2.34. The van der Waals surface area contributed by atoms with Crippen LogP contribution in [0.5, 0.6) is 0 Å². The molecule has 1 unspecified atom stereocenters. The summed E-state index contributed by atoms with van der Waals surface area (Å²) in [5, 5.41) is 2.05. The lowest BCUT2D eigenvalue weighted by Gasteiger charge is -2.37. The van der Waals surface area contributed by atoms with Gasteiger partial charge >= 0.3 is 0 Å². The summed E-state index contributed by atoms with van der Waals surface area (Å²) in [5.74, 6) is 0.296. The summed E-state index contributed by atoms with van der Waals surface area (Å²) in [5.41, 5.74) is 1.99. The van der Waals surface area contributed by atoms with Gasteiger partial charge in [0, 0.05) is 24.4 Å². The molecule has 6 heteroatoms. The number of carbonyl (C=O) groups excluding carboxylic acids is 2. The van der Waals surface area contributed by atoms with Crippen molar-refractivity contribution in [1.29, 1.82) is 0 Å². The molecule has 1 aliphatic carbocycles. The molecular weight excluding hydrogens is 423 g/mol. The number of hydrogen-bond acceptors (Lipinski definition) is 3. The van der Waals surface area contributed by atoms with Crippen molar-refractivity contribution in [2.75, 3.05) is 19.6 Å². The monoisotopic (exact) mass is 454 g/mol. The van der Waals surface area contributed by atoms with Gasteiger partial charge in [-0.3, -0.25) is 9.59 Å². The predicted octanol–water partition coefficient (Wildman–Crippen LogP) is 5.35. The number of benzene rings is 1. The number of hydrogen-bond donors (Lipinski definition) is 0. The van der Waals surface area contributed by atoms with Gasteiger partial charge in [-0.15, -0.1) is 17.9 Å². The molecule has 2 aromatic rings. The first-order valence-corrected chi connectivity index (χ1v) is 12.4. The minimum atomic E-state index is -0.294. The summed E-state index contributed by atoms with van der Waals surface area (Å²) in [4.78, 5) is 31.1. The average Bonchev–Trinajstić information content (AvgIpc) is 3.49. The van der Waals surface area contributed by atoms with Crippen LogP contribution >= 0.6 is 11.3 Å². The Labute approximate surface area is 193 Å². The summed E-state index contributed by atoms with van der Waals surface area (Å²) < 4.78 is 13.5. The largest absolute Gasteiger partial charge is 0.330 e. The van der Waals surface area contributed by atoms with Crippen LogP contribution in [0.15, 0.2) is 48.4 Å². The van der Waals surface area contributed by atoms with Crippen LogP contribution in [-0.4, -0.2) is 41.2 Å². The van der Waals surface area contributed by atoms with Crippen molar-refractivity contribution in [3.05, 3.63) is 70.2 Å².